The summed E-state index contributed by atoms with van der Waals surface area (Å²) in [5.74, 6) is -4.74. The molecular formula is C24H26F3N5O6. The summed E-state index contributed by atoms with van der Waals surface area (Å²) in [7, 11) is 1.49. The fourth-order valence-electron chi connectivity index (χ4n) is 3.81. The van der Waals surface area contributed by atoms with Crippen molar-refractivity contribution in [3.63, 3.8) is 0 Å². The van der Waals surface area contributed by atoms with Gasteiger partial charge in [-0.25, -0.2) is 9.78 Å². The van der Waals surface area contributed by atoms with E-state index >= 15 is 0 Å². The van der Waals surface area contributed by atoms with Crippen LogP contribution in [-0.4, -0.2) is 71.0 Å². The van der Waals surface area contributed by atoms with E-state index in [1.807, 2.05) is 0 Å². The highest BCUT2D eigenvalue weighted by Gasteiger charge is 2.43. The van der Waals surface area contributed by atoms with Crippen LogP contribution in [0.2, 0.25) is 0 Å². The number of benzene rings is 1. The maximum Gasteiger partial charge on any atom is 0.491 e. The van der Waals surface area contributed by atoms with Crippen LogP contribution in [0.5, 0.6) is 5.88 Å². The molecule has 0 bridgehead atoms. The number of alkyl halides is 3. The van der Waals surface area contributed by atoms with Gasteiger partial charge >= 0.3 is 18.1 Å². The zero-order chi connectivity index (χ0) is 28.2. The number of likely N-dealkylation sites (N-methyl/N-ethyl adjacent to an activating group) is 1. The van der Waals surface area contributed by atoms with Crippen LogP contribution in [0.3, 0.4) is 0 Å². The molecule has 2 aromatic rings. The third-order valence-corrected chi connectivity index (χ3v) is 5.73. The zero-order valence-electron chi connectivity index (χ0n) is 20.9. The number of aromatic nitrogens is 2. The van der Waals surface area contributed by atoms with Crippen molar-refractivity contribution in [3.8, 4) is 5.88 Å². The van der Waals surface area contributed by atoms with Crippen LogP contribution < -0.4 is 15.4 Å². The first-order valence-electron chi connectivity index (χ1n) is 11.5. The van der Waals surface area contributed by atoms with Crippen LogP contribution in [0.1, 0.15) is 41.4 Å². The highest BCUT2D eigenvalue weighted by Crippen LogP contribution is 2.28. The fraction of sp³-hybridized carbons (Fsp3) is 0.417. The van der Waals surface area contributed by atoms with Gasteiger partial charge < -0.3 is 25.0 Å². The van der Waals surface area contributed by atoms with E-state index in [0.29, 0.717) is 36.7 Å². The number of halogens is 3. The number of carbonyl (C=O) groups excluding carboxylic acids is 4. The number of fused-ring (bicyclic) bond motifs is 1. The molecule has 1 atom stereocenters. The van der Waals surface area contributed by atoms with E-state index in [-0.39, 0.29) is 11.5 Å². The van der Waals surface area contributed by atoms with Gasteiger partial charge in [0.2, 0.25) is 17.7 Å². The number of nitrogens with two attached hydrogens (primary N) is 1. The molecule has 11 nitrogen and oxygen atoms in total. The number of rotatable bonds is 8. The van der Waals surface area contributed by atoms with Gasteiger partial charge in [-0.1, -0.05) is 6.07 Å². The number of aryl methyl sites for hydroxylation is 2. The Kier molecular flexibility index (Phi) is 8.53. The monoisotopic (exact) mass is 537 g/mol. The van der Waals surface area contributed by atoms with Crippen molar-refractivity contribution in [2.75, 3.05) is 30.8 Å². The zero-order valence-corrected chi connectivity index (χ0v) is 20.9. The van der Waals surface area contributed by atoms with Crippen molar-refractivity contribution in [3.05, 3.63) is 41.1 Å². The highest BCUT2D eigenvalue weighted by atomic mass is 19.4. The molecule has 0 saturated carbocycles. The molecular weight excluding hydrogens is 511 g/mol. The summed E-state index contributed by atoms with van der Waals surface area (Å²) in [5.41, 5.74) is 7.57. The van der Waals surface area contributed by atoms with E-state index in [1.54, 1.807) is 31.2 Å². The summed E-state index contributed by atoms with van der Waals surface area (Å²) in [6, 6.07) is 5.63. The molecule has 0 saturated heterocycles. The fourth-order valence-corrected chi connectivity index (χ4v) is 3.81. The van der Waals surface area contributed by atoms with Crippen LogP contribution in [-0.2, 0) is 25.5 Å². The quantitative estimate of drug-likeness (QED) is 0.304. The van der Waals surface area contributed by atoms with Gasteiger partial charge in [0.05, 0.1) is 24.3 Å². The van der Waals surface area contributed by atoms with Crippen molar-refractivity contribution in [1.82, 2.24) is 14.9 Å². The van der Waals surface area contributed by atoms with Gasteiger partial charge in [0.15, 0.2) is 0 Å². The molecule has 1 aliphatic rings. The van der Waals surface area contributed by atoms with Crippen molar-refractivity contribution < 1.29 is 41.8 Å². The number of hydrogen-bond acceptors (Lipinski definition) is 9. The molecule has 0 aliphatic carbocycles. The van der Waals surface area contributed by atoms with Crippen molar-refractivity contribution in [2.45, 2.75) is 45.3 Å². The van der Waals surface area contributed by atoms with Gasteiger partial charge in [0, 0.05) is 24.8 Å². The summed E-state index contributed by atoms with van der Waals surface area (Å²) in [5, 5.41) is 0. The van der Waals surface area contributed by atoms with E-state index in [9.17, 15) is 32.3 Å². The first-order chi connectivity index (χ1) is 17.8. The number of anilines is 2. The van der Waals surface area contributed by atoms with Crippen molar-refractivity contribution in [1.29, 1.82) is 0 Å². The normalized spacial score (nSPS) is 14.6. The Bertz CT molecular complexity index is 1230. The third kappa shape index (κ3) is 6.95. The first-order valence-corrected chi connectivity index (χ1v) is 11.5. The van der Waals surface area contributed by atoms with E-state index in [0.717, 1.165) is 10.5 Å². The minimum Gasteiger partial charge on any atom is -0.478 e. The molecule has 0 radical (unpaired) electrons. The Morgan fingerprint density at radius 3 is 2.55 bits per heavy atom. The molecule has 1 aromatic carbocycles. The Balaban J connectivity index is 1.70. The number of amides is 2. The lowest BCUT2D eigenvalue weighted by molar-refractivity contribution is -0.202. The standard InChI is InChI=1S/C24H26F3N5O6/c1-13-9-18(30-23(28)29-13)37-8-4-5-15-6-7-17-16(11-15)21(35)32(12-19(33)31(17)3)14(2)10-20(34)38-22(36)24(25,26)27/h6-7,9,11,14H,4-5,8,10,12H2,1-3H3,(H2,28,29,30). The molecule has 2 heterocycles. The second-order valence-corrected chi connectivity index (χ2v) is 8.71. The molecule has 2 amide bonds. The molecule has 2 N–H and O–H groups in total. The van der Waals surface area contributed by atoms with E-state index in [1.165, 1.54) is 18.9 Å². The van der Waals surface area contributed by atoms with Crippen LogP contribution in [0.4, 0.5) is 24.8 Å². The van der Waals surface area contributed by atoms with E-state index < -0.39 is 48.9 Å². The Morgan fingerprint density at radius 1 is 1.18 bits per heavy atom. The predicted octanol–water partition coefficient (Wildman–Crippen LogP) is 2.21. The Labute approximate surface area is 215 Å². The number of hydrogen-bond donors (Lipinski definition) is 1. The predicted molar refractivity (Wildman–Crippen MR) is 127 cm³/mol. The SMILES string of the molecule is Cc1cc(OCCCc2ccc3c(c2)C(=O)N(C(C)CC(=O)OC(=O)C(F)(F)F)CC(=O)N3C)nc(N)n1. The maximum atomic E-state index is 13.4. The van der Waals surface area contributed by atoms with E-state index in [4.69, 9.17) is 10.5 Å². The second-order valence-electron chi connectivity index (χ2n) is 8.71. The largest absolute Gasteiger partial charge is 0.491 e. The van der Waals surface area contributed by atoms with Gasteiger partial charge in [0.25, 0.3) is 5.91 Å². The number of nitrogens with zero attached hydrogens (tertiary/aromatic N) is 4. The molecule has 1 aromatic heterocycles. The average Bonchev–Trinajstić information content (AvgIpc) is 2.91. The van der Waals surface area contributed by atoms with Gasteiger partial charge in [-0.3, -0.25) is 14.4 Å². The summed E-state index contributed by atoms with van der Waals surface area (Å²) in [6.07, 6.45) is -4.98. The van der Waals surface area contributed by atoms with Crippen LogP contribution in [0.25, 0.3) is 0 Å². The molecule has 0 fully saturated rings. The molecule has 1 aliphatic heterocycles. The lowest BCUT2D eigenvalue weighted by atomic mass is 10.0. The van der Waals surface area contributed by atoms with E-state index in [2.05, 4.69) is 14.7 Å². The molecule has 1 unspecified atom stereocenters. The minimum atomic E-state index is -5.34. The number of ether oxygens (including phenoxy) is 2. The third-order valence-electron chi connectivity index (χ3n) is 5.73. The van der Waals surface area contributed by atoms with Crippen molar-refractivity contribution in [2.24, 2.45) is 0 Å². The summed E-state index contributed by atoms with van der Waals surface area (Å²) >= 11 is 0. The van der Waals surface area contributed by atoms with Gasteiger partial charge in [-0.2, -0.15) is 18.2 Å². The van der Waals surface area contributed by atoms with Crippen LogP contribution in [0.15, 0.2) is 24.3 Å². The highest BCUT2D eigenvalue weighted by molar-refractivity contribution is 6.09. The Hall–Kier alpha value is -4.23. The maximum absolute atomic E-state index is 13.4. The minimum absolute atomic E-state index is 0.0990. The number of esters is 2. The number of nitrogen functional groups attached to an aromatic ring is 1. The molecule has 3 rings (SSSR count). The number of carbonyl (C=O) groups is 4. The van der Waals surface area contributed by atoms with Gasteiger partial charge in [0.1, 0.15) is 6.54 Å². The average molecular weight is 537 g/mol. The molecule has 0 spiro atoms. The lowest BCUT2D eigenvalue weighted by Crippen LogP contribution is -2.44. The molecule has 14 heteroatoms. The van der Waals surface area contributed by atoms with Gasteiger partial charge in [-0.15, -0.1) is 0 Å². The molecule has 38 heavy (non-hydrogen) atoms. The summed E-state index contributed by atoms with van der Waals surface area (Å²) in [6.45, 7) is 3.02. The van der Waals surface area contributed by atoms with Crippen molar-refractivity contribution >= 4 is 35.4 Å². The summed E-state index contributed by atoms with van der Waals surface area (Å²) in [4.78, 5) is 59.2. The Morgan fingerprint density at radius 2 is 1.89 bits per heavy atom. The first kappa shape index (κ1) is 28.3. The smallest absolute Gasteiger partial charge is 0.478 e. The van der Waals surface area contributed by atoms with Crippen LogP contribution >= 0.6 is 0 Å². The second kappa shape index (κ2) is 11.4. The molecule has 204 valence electrons. The summed E-state index contributed by atoms with van der Waals surface area (Å²) < 4.78 is 46.6. The van der Waals surface area contributed by atoms with Gasteiger partial charge in [-0.05, 0) is 44.4 Å². The lowest BCUT2D eigenvalue weighted by Gasteiger charge is -2.26. The topological polar surface area (TPSA) is 145 Å². The van der Waals surface area contributed by atoms with Crippen LogP contribution in [0, 0.1) is 6.92 Å².